The van der Waals surface area contributed by atoms with Crippen LogP contribution in [0.2, 0.25) is 0 Å². The van der Waals surface area contributed by atoms with Crippen LogP contribution in [0.5, 0.6) is 0 Å². The molecular formula is C24H24F2N4O4S. The zero-order valence-corrected chi connectivity index (χ0v) is 20.3. The number of nitrogens with zero attached hydrogens (tertiary/aromatic N) is 1. The molecule has 35 heavy (non-hydrogen) atoms. The molecule has 0 aliphatic rings. The van der Waals surface area contributed by atoms with Crippen molar-refractivity contribution in [2.45, 2.75) is 39.3 Å². The monoisotopic (exact) mass is 502 g/mol. The van der Waals surface area contributed by atoms with Gasteiger partial charge in [0.1, 0.15) is 34.0 Å². The molecule has 3 aromatic rings. The number of anilines is 3. The maximum atomic E-state index is 14.0. The zero-order valence-electron chi connectivity index (χ0n) is 19.4. The average Bonchev–Trinajstić information content (AvgIpc) is 3.12. The fraction of sp³-hybridized carbons (Fsp3) is 0.250. The molecule has 0 spiro atoms. The van der Waals surface area contributed by atoms with Crippen molar-refractivity contribution in [3.05, 3.63) is 70.1 Å². The van der Waals surface area contributed by atoms with Gasteiger partial charge >= 0.3 is 5.97 Å². The number of halogens is 2. The Bertz CT molecular complexity index is 1250. The number of hydrogen-bond donors (Lipinski definition) is 3. The Hall–Kier alpha value is -3.86. The highest BCUT2D eigenvalue weighted by molar-refractivity contribution is 7.18. The van der Waals surface area contributed by atoms with E-state index >= 15 is 0 Å². The average molecular weight is 503 g/mol. The van der Waals surface area contributed by atoms with Gasteiger partial charge < -0.3 is 21.1 Å². The van der Waals surface area contributed by atoms with Gasteiger partial charge in [0.2, 0.25) is 5.78 Å². The van der Waals surface area contributed by atoms with E-state index in [-0.39, 0.29) is 15.8 Å². The molecule has 0 saturated carbocycles. The van der Waals surface area contributed by atoms with Crippen LogP contribution in [-0.4, -0.2) is 34.3 Å². The maximum absolute atomic E-state index is 14.0. The molecule has 4 N–H and O–H groups in total. The van der Waals surface area contributed by atoms with Crippen molar-refractivity contribution in [2.24, 2.45) is 0 Å². The van der Waals surface area contributed by atoms with Crippen molar-refractivity contribution in [1.29, 1.82) is 0 Å². The van der Waals surface area contributed by atoms with Crippen LogP contribution in [0, 0.1) is 11.6 Å². The van der Waals surface area contributed by atoms with Crippen LogP contribution in [-0.2, 0) is 9.53 Å². The summed E-state index contributed by atoms with van der Waals surface area (Å²) in [6.45, 7) is 6.73. The Labute approximate surface area is 204 Å². The van der Waals surface area contributed by atoms with Crippen molar-refractivity contribution < 1.29 is 27.9 Å². The lowest BCUT2D eigenvalue weighted by molar-refractivity contribution is -0.156. The molecule has 1 atom stereocenters. The number of thiazole rings is 1. The number of nitrogens with two attached hydrogens (primary N) is 1. The number of carbonyl (C=O) groups is 3. The third-order valence-electron chi connectivity index (χ3n) is 4.56. The van der Waals surface area contributed by atoms with Gasteiger partial charge in [-0.25, -0.2) is 18.6 Å². The van der Waals surface area contributed by atoms with Crippen LogP contribution in [0.1, 0.15) is 53.3 Å². The molecule has 0 fully saturated rings. The molecule has 8 nitrogen and oxygen atoms in total. The molecule has 1 heterocycles. The number of benzene rings is 2. The summed E-state index contributed by atoms with van der Waals surface area (Å²) in [4.78, 5) is 41.1. The number of hydrogen-bond acceptors (Lipinski definition) is 8. The molecule has 1 aromatic heterocycles. The topological polar surface area (TPSA) is 123 Å². The molecule has 184 valence electrons. The lowest BCUT2D eigenvalue weighted by Crippen LogP contribution is -2.42. The van der Waals surface area contributed by atoms with Crippen LogP contribution >= 0.6 is 11.3 Å². The number of ketones is 1. The second-order valence-electron chi connectivity index (χ2n) is 8.59. The lowest BCUT2D eigenvalue weighted by atomic mass is 10.1. The quantitative estimate of drug-likeness (QED) is 0.322. The molecule has 1 amide bonds. The highest BCUT2D eigenvalue weighted by Crippen LogP contribution is 2.31. The van der Waals surface area contributed by atoms with Crippen molar-refractivity contribution in [3.63, 3.8) is 0 Å². The smallest absolute Gasteiger partial charge is 0.328 e. The number of esters is 1. The fourth-order valence-corrected chi connectivity index (χ4v) is 3.79. The van der Waals surface area contributed by atoms with Gasteiger partial charge in [-0.05, 0) is 64.1 Å². The van der Waals surface area contributed by atoms with Crippen LogP contribution in [0.25, 0.3) is 0 Å². The minimum atomic E-state index is -0.993. The lowest BCUT2D eigenvalue weighted by Gasteiger charge is -2.22. The second-order valence-corrected chi connectivity index (χ2v) is 9.59. The molecule has 0 radical (unpaired) electrons. The standard InChI is InChI=1S/C24H24F2N4O4S/c1-12(22(33)34-24(2,3)4)28-21(32)13-8-10-14(11-9-13)29-23-30-20(27)19(35-23)18(31)17-15(25)6-5-7-16(17)26/h5-12H,27H2,1-4H3,(H,28,32)(H,29,30). The van der Waals surface area contributed by atoms with E-state index < -0.39 is 46.5 Å². The van der Waals surface area contributed by atoms with E-state index in [1.165, 1.54) is 19.1 Å². The molecule has 11 heteroatoms. The first-order valence-corrected chi connectivity index (χ1v) is 11.3. The molecular weight excluding hydrogens is 478 g/mol. The summed E-state index contributed by atoms with van der Waals surface area (Å²) < 4.78 is 33.2. The first kappa shape index (κ1) is 25.8. The van der Waals surface area contributed by atoms with Crippen LogP contribution < -0.4 is 16.4 Å². The summed E-state index contributed by atoms with van der Waals surface area (Å²) in [5.41, 5.74) is 5.26. The molecule has 3 rings (SSSR count). The highest BCUT2D eigenvalue weighted by Gasteiger charge is 2.25. The van der Waals surface area contributed by atoms with E-state index in [2.05, 4.69) is 15.6 Å². The van der Waals surface area contributed by atoms with Crippen molar-refractivity contribution in [3.8, 4) is 0 Å². The Morgan fingerprint density at radius 1 is 1.06 bits per heavy atom. The van der Waals surface area contributed by atoms with E-state index in [9.17, 15) is 23.2 Å². The van der Waals surface area contributed by atoms with Crippen molar-refractivity contribution in [2.75, 3.05) is 11.1 Å². The maximum Gasteiger partial charge on any atom is 0.328 e. The zero-order chi connectivity index (χ0) is 25.9. The van der Waals surface area contributed by atoms with Gasteiger partial charge in [0, 0.05) is 11.3 Å². The number of rotatable bonds is 7. The van der Waals surface area contributed by atoms with E-state index in [0.717, 1.165) is 29.5 Å². The number of nitrogens with one attached hydrogen (secondary N) is 2. The first-order chi connectivity index (χ1) is 16.4. The van der Waals surface area contributed by atoms with Crippen LogP contribution in [0.15, 0.2) is 42.5 Å². The number of carbonyl (C=O) groups excluding carboxylic acids is 3. The summed E-state index contributed by atoms with van der Waals surface area (Å²) in [6, 6.07) is 8.51. The molecule has 1 unspecified atom stereocenters. The largest absolute Gasteiger partial charge is 0.458 e. The van der Waals surface area contributed by atoms with Gasteiger partial charge in [0.05, 0.1) is 5.56 Å². The van der Waals surface area contributed by atoms with Gasteiger partial charge in [-0.3, -0.25) is 9.59 Å². The van der Waals surface area contributed by atoms with Crippen LogP contribution in [0.3, 0.4) is 0 Å². The summed E-state index contributed by atoms with van der Waals surface area (Å²) >= 11 is 0.840. The van der Waals surface area contributed by atoms with Gasteiger partial charge in [-0.1, -0.05) is 17.4 Å². The summed E-state index contributed by atoms with van der Waals surface area (Å²) in [6.07, 6.45) is 0. The van der Waals surface area contributed by atoms with Gasteiger partial charge in [0.15, 0.2) is 5.13 Å². The van der Waals surface area contributed by atoms with Crippen molar-refractivity contribution >= 4 is 45.6 Å². The molecule has 0 bridgehead atoms. The normalized spacial score (nSPS) is 12.1. The Morgan fingerprint density at radius 2 is 1.66 bits per heavy atom. The number of ether oxygens (including phenoxy) is 1. The Balaban J connectivity index is 1.68. The van der Waals surface area contributed by atoms with E-state index in [1.807, 2.05) is 0 Å². The fourth-order valence-electron chi connectivity index (χ4n) is 2.93. The first-order valence-electron chi connectivity index (χ1n) is 10.5. The highest BCUT2D eigenvalue weighted by atomic mass is 32.1. The second kappa shape index (κ2) is 10.2. The van der Waals surface area contributed by atoms with Gasteiger partial charge in [-0.2, -0.15) is 0 Å². The number of aromatic nitrogens is 1. The van der Waals surface area contributed by atoms with E-state index in [1.54, 1.807) is 32.9 Å². The minimum Gasteiger partial charge on any atom is -0.458 e. The summed E-state index contributed by atoms with van der Waals surface area (Å²) in [5.74, 6) is -4.08. The predicted octanol–water partition coefficient (Wildman–Crippen LogP) is 4.44. The van der Waals surface area contributed by atoms with Crippen molar-refractivity contribution in [1.82, 2.24) is 10.3 Å². The predicted molar refractivity (Wildman–Crippen MR) is 129 cm³/mol. The summed E-state index contributed by atoms with van der Waals surface area (Å²) in [7, 11) is 0. The summed E-state index contributed by atoms with van der Waals surface area (Å²) in [5, 5.41) is 5.73. The third kappa shape index (κ3) is 6.38. The number of amides is 1. The molecule has 0 aliphatic heterocycles. The van der Waals surface area contributed by atoms with E-state index in [0.29, 0.717) is 11.3 Å². The molecule has 2 aromatic carbocycles. The van der Waals surface area contributed by atoms with Crippen LogP contribution in [0.4, 0.5) is 25.4 Å². The molecule has 0 aliphatic carbocycles. The Morgan fingerprint density at radius 3 is 2.23 bits per heavy atom. The Kier molecular flexibility index (Phi) is 7.49. The minimum absolute atomic E-state index is 0.108. The van der Waals surface area contributed by atoms with E-state index in [4.69, 9.17) is 10.5 Å². The third-order valence-corrected chi connectivity index (χ3v) is 5.54. The SMILES string of the molecule is CC(NC(=O)c1ccc(Nc2nc(N)c(C(=O)c3c(F)cccc3F)s2)cc1)C(=O)OC(C)(C)C. The van der Waals surface area contributed by atoms with Gasteiger partial charge in [-0.15, -0.1) is 0 Å². The number of nitrogen functional groups attached to an aromatic ring is 1. The van der Waals surface area contributed by atoms with Gasteiger partial charge in [0.25, 0.3) is 5.91 Å². The molecule has 0 saturated heterocycles.